The number of H-pyrrole nitrogens is 1. The molecule has 1 aromatic heterocycles. The molecule has 0 aliphatic heterocycles. The van der Waals surface area contributed by atoms with Gasteiger partial charge in [0.1, 0.15) is 11.5 Å². The summed E-state index contributed by atoms with van der Waals surface area (Å²) in [5.74, 6) is -0.945. The van der Waals surface area contributed by atoms with Crippen molar-refractivity contribution >= 4 is 11.7 Å². The molecule has 2 aromatic rings. The van der Waals surface area contributed by atoms with E-state index in [1.54, 1.807) is 0 Å². The maximum atomic E-state index is 12.8. The molecule has 0 radical (unpaired) electrons. The van der Waals surface area contributed by atoms with E-state index in [1.807, 2.05) is 0 Å². The predicted octanol–water partition coefficient (Wildman–Crippen LogP) is 1.58. The Morgan fingerprint density at radius 1 is 1.41 bits per heavy atom. The number of aromatic amines is 1. The summed E-state index contributed by atoms with van der Waals surface area (Å²) in [6.45, 7) is 0. The molecule has 0 amide bonds. The molecule has 6 heteroatoms. The molecule has 1 heterocycles. The molecule has 2 rings (SSSR count). The zero-order valence-electron chi connectivity index (χ0n) is 9.03. The Kier molecular flexibility index (Phi) is 2.78. The first kappa shape index (κ1) is 11.1. The first-order valence-electron chi connectivity index (χ1n) is 4.81. The molecule has 17 heavy (non-hydrogen) atoms. The van der Waals surface area contributed by atoms with E-state index in [-0.39, 0.29) is 17.2 Å². The van der Waals surface area contributed by atoms with Crippen LogP contribution in [0.4, 0.5) is 10.1 Å². The quantitative estimate of drug-likeness (QED) is 0.774. The van der Waals surface area contributed by atoms with Gasteiger partial charge in [0, 0.05) is 5.56 Å². The number of ether oxygens (including phenoxy) is 1. The number of carbonyl (C=O) groups is 1. The third kappa shape index (κ3) is 1.96. The van der Waals surface area contributed by atoms with E-state index in [1.165, 1.54) is 31.4 Å². The highest BCUT2D eigenvalue weighted by molar-refractivity contribution is 5.96. The summed E-state index contributed by atoms with van der Waals surface area (Å²) in [6.07, 6.45) is 0. The van der Waals surface area contributed by atoms with Crippen LogP contribution in [0.15, 0.2) is 24.3 Å². The van der Waals surface area contributed by atoms with Gasteiger partial charge in [0.15, 0.2) is 5.69 Å². The maximum Gasteiger partial charge on any atom is 0.358 e. The summed E-state index contributed by atoms with van der Waals surface area (Å²) in [5, 5.41) is 6.41. The van der Waals surface area contributed by atoms with Crippen LogP contribution in [0.3, 0.4) is 0 Å². The highest BCUT2D eigenvalue weighted by Gasteiger charge is 2.18. The number of benzene rings is 1. The smallest absolute Gasteiger partial charge is 0.358 e. The fraction of sp³-hybridized carbons (Fsp3) is 0.0909. The standard InChI is InChI=1S/C11H10FN3O2/c1-17-11(16)10-8(13)9(14-15-10)6-2-4-7(12)5-3-6/h2-5H,13H2,1H3,(H,14,15). The first-order chi connectivity index (χ1) is 8.13. The number of esters is 1. The molecule has 0 spiro atoms. The molecule has 0 atom stereocenters. The molecule has 0 aliphatic rings. The highest BCUT2D eigenvalue weighted by Crippen LogP contribution is 2.26. The summed E-state index contributed by atoms with van der Waals surface area (Å²) in [6, 6.07) is 5.65. The number of nitrogens with one attached hydrogen (secondary N) is 1. The Hall–Kier alpha value is -2.37. The zero-order valence-corrected chi connectivity index (χ0v) is 9.03. The van der Waals surface area contributed by atoms with E-state index >= 15 is 0 Å². The number of methoxy groups -OCH3 is 1. The minimum Gasteiger partial charge on any atom is -0.464 e. The SMILES string of the molecule is COC(=O)c1[nH]nc(-c2ccc(F)cc2)c1N. The molecule has 0 aliphatic carbocycles. The van der Waals surface area contributed by atoms with Crippen molar-refractivity contribution in [2.45, 2.75) is 0 Å². The van der Waals surface area contributed by atoms with Gasteiger partial charge in [-0.15, -0.1) is 0 Å². The fourth-order valence-corrected chi connectivity index (χ4v) is 1.44. The number of rotatable bonds is 2. The molecular weight excluding hydrogens is 225 g/mol. The number of halogens is 1. The summed E-state index contributed by atoms with van der Waals surface area (Å²) in [4.78, 5) is 11.3. The summed E-state index contributed by atoms with van der Waals surface area (Å²) in [5.41, 5.74) is 7.05. The highest BCUT2D eigenvalue weighted by atomic mass is 19.1. The van der Waals surface area contributed by atoms with Gasteiger partial charge in [-0.3, -0.25) is 5.10 Å². The topological polar surface area (TPSA) is 81.0 Å². The fourth-order valence-electron chi connectivity index (χ4n) is 1.44. The van der Waals surface area contributed by atoms with Crippen molar-refractivity contribution in [2.75, 3.05) is 12.8 Å². The second kappa shape index (κ2) is 4.25. The molecular formula is C11H10FN3O2. The van der Waals surface area contributed by atoms with Crippen LogP contribution in [0.2, 0.25) is 0 Å². The summed E-state index contributed by atoms with van der Waals surface area (Å²) < 4.78 is 17.3. The Bertz CT molecular complexity index is 548. The molecule has 0 unspecified atom stereocenters. The van der Waals surface area contributed by atoms with Crippen molar-refractivity contribution in [3.63, 3.8) is 0 Å². The van der Waals surface area contributed by atoms with Crippen LogP contribution < -0.4 is 5.73 Å². The van der Waals surface area contributed by atoms with Gasteiger partial charge in [-0.1, -0.05) is 0 Å². The van der Waals surface area contributed by atoms with Gasteiger partial charge >= 0.3 is 5.97 Å². The van der Waals surface area contributed by atoms with E-state index < -0.39 is 5.97 Å². The van der Waals surface area contributed by atoms with Gasteiger partial charge in [0.2, 0.25) is 0 Å². The van der Waals surface area contributed by atoms with Crippen LogP contribution in [-0.2, 0) is 4.74 Å². The van der Waals surface area contributed by atoms with Crippen LogP contribution in [0.5, 0.6) is 0 Å². The minimum absolute atomic E-state index is 0.0897. The van der Waals surface area contributed by atoms with Crippen LogP contribution in [0.1, 0.15) is 10.5 Å². The first-order valence-corrected chi connectivity index (χ1v) is 4.81. The molecule has 0 saturated carbocycles. The van der Waals surface area contributed by atoms with Gasteiger partial charge in [-0.2, -0.15) is 5.10 Å². The van der Waals surface area contributed by atoms with E-state index in [0.29, 0.717) is 11.3 Å². The second-order valence-electron chi connectivity index (χ2n) is 3.36. The van der Waals surface area contributed by atoms with Crippen molar-refractivity contribution in [2.24, 2.45) is 0 Å². The molecule has 5 nitrogen and oxygen atoms in total. The Balaban J connectivity index is 2.44. The van der Waals surface area contributed by atoms with E-state index in [9.17, 15) is 9.18 Å². The van der Waals surface area contributed by atoms with Crippen molar-refractivity contribution in [1.82, 2.24) is 10.2 Å². The van der Waals surface area contributed by atoms with Crippen LogP contribution in [-0.4, -0.2) is 23.3 Å². The number of aromatic nitrogens is 2. The van der Waals surface area contributed by atoms with Crippen molar-refractivity contribution in [1.29, 1.82) is 0 Å². The third-order valence-corrected chi connectivity index (χ3v) is 2.31. The summed E-state index contributed by atoms with van der Waals surface area (Å²) in [7, 11) is 1.25. The van der Waals surface area contributed by atoms with Gasteiger partial charge in [-0.05, 0) is 24.3 Å². The van der Waals surface area contributed by atoms with Crippen molar-refractivity contribution < 1.29 is 13.9 Å². The predicted molar refractivity (Wildman–Crippen MR) is 59.7 cm³/mol. The number of hydrogen-bond donors (Lipinski definition) is 2. The molecule has 1 aromatic carbocycles. The number of nitrogens with two attached hydrogens (primary N) is 1. The largest absolute Gasteiger partial charge is 0.464 e. The van der Waals surface area contributed by atoms with Gasteiger partial charge in [-0.25, -0.2) is 9.18 Å². The molecule has 0 saturated heterocycles. The third-order valence-electron chi connectivity index (χ3n) is 2.31. The Morgan fingerprint density at radius 3 is 2.65 bits per heavy atom. The lowest BCUT2D eigenvalue weighted by molar-refractivity contribution is 0.0595. The molecule has 3 N–H and O–H groups in total. The van der Waals surface area contributed by atoms with Crippen LogP contribution in [0, 0.1) is 5.82 Å². The second-order valence-corrected chi connectivity index (χ2v) is 3.36. The Morgan fingerprint density at radius 2 is 2.06 bits per heavy atom. The van der Waals surface area contributed by atoms with Gasteiger partial charge in [0.05, 0.1) is 12.8 Å². The number of hydrogen-bond acceptors (Lipinski definition) is 4. The molecule has 88 valence electrons. The van der Waals surface area contributed by atoms with Crippen molar-refractivity contribution in [3.8, 4) is 11.3 Å². The van der Waals surface area contributed by atoms with Gasteiger partial charge in [0.25, 0.3) is 0 Å². The average Bonchev–Trinajstić information content (AvgIpc) is 2.71. The van der Waals surface area contributed by atoms with E-state index in [0.717, 1.165) is 0 Å². The molecule has 0 bridgehead atoms. The Labute approximate surface area is 96.4 Å². The lowest BCUT2D eigenvalue weighted by Crippen LogP contribution is -2.04. The minimum atomic E-state index is -0.594. The van der Waals surface area contributed by atoms with Crippen LogP contribution >= 0.6 is 0 Å². The van der Waals surface area contributed by atoms with Crippen LogP contribution in [0.25, 0.3) is 11.3 Å². The average molecular weight is 235 g/mol. The number of carbonyl (C=O) groups excluding carboxylic acids is 1. The lowest BCUT2D eigenvalue weighted by atomic mass is 10.1. The number of nitrogen functional groups attached to an aromatic ring is 1. The normalized spacial score (nSPS) is 10.2. The van der Waals surface area contributed by atoms with E-state index in [4.69, 9.17) is 5.73 Å². The zero-order chi connectivity index (χ0) is 12.4. The molecule has 0 fully saturated rings. The van der Waals surface area contributed by atoms with Gasteiger partial charge < -0.3 is 10.5 Å². The van der Waals surface area contributed by atoms with E-state index in [2.05, 4.69) is 14.9 Å². The number of anilines is 1. The summed E-state index contributed by atoms with van der Waals surface area (Å²) >= 11 is 0. The lowest BCUT2D eigenvalue weighted by Gasteiger charge is -1.99. The monoisotopic (exact) mass is 235 g/mol. The number of nitrogens with zero attached hydrogens (tertiary/aromatic N) is 1. The van der Waals surface area contributed by atoms with Crippen molar-refractivity contribution in [3.05, 3.63) is 35.8 Å². The maximum absolute atomic E-state index is 12.8.